The van der Waals surface area contributed by atoms with Gasteiger partial charge in [0.25, 0.3) is 0 Å². The van der Waals surface area contributed by atoms with Crippen LogP contribution < -0.4 is 5.32 Å². The molecule has 1 fully saturated rings. The van der Waals surface area contributed by atoms with Crippen molar-refractivity contribution in [1.82, 2.24) is 5.32 Å². The van der Waals surface area contributed by atoms with Crippen molar-refractivity contribution in [2.24, 2.45) is 5.41 Å². The second-order valence-corrected chi connectivity index (χ2v) is 12.4. The molecule has 226 valence electrons. The lowest BCUT2D eigenvalue weighted by Gasteiger charge is -2.43. The first kappa shape index (κ1) is 35.9. The molecule has 0 atom stereocenters. The summed E-state index contributed by atoms with van der Waals surface area (Å²) in [6, 6.07) is 0. The normalized spacial score (nSPS) is 15.4. The minimum Gasteiger partial charge on any atom is -0.316 e. The van der Waals surface area contributed by atoms with Gasteiger partial charge in [0.05, 0.1) is 0 Å². The lowest BCUT2D eigenvalue weighted by atomic mass is 9.73. The topological polar surface area (TPSA) is 12.0 Å². The van der Waals surface area contributed by atoms with E-state index in [4.69, 9.17) is 0 Å². The molecule has 1 heteroatoms. The first-order valence-corrected chi connectivity index (χ1v) is 17.6. The summed E-state index contributed by atoms with van der Waals surface area (Å²) in [7, 11) is 0. The highest BCUT2D eigenvalue weighted by atomic mass is 15.0. The Morgan fingerprint density at radius 1 is 0.410 bits per heavy atom. The second-order valence-electron chi connectivity index (χ2n) is 12.4. The molecule has 0 aromatic rings. The maximum absolute atomic E-state index is 3.59. The Balaban J connectivity index is 1.87. The van der Waals surface area contributed by atoms with Crippen molar-refractivity contribution < 1.29 is 0 Å². The molecule has 1 heterocycles. The molecular formula is C38H69N. The molecular weight excluding hydrogens is 470 g/mol. The smallest absolute Gasteiger partial charge is 0.00202 e. The molecule has 0 spiro atoms. The number of hydrogen-bond acceptors (Lipinski definition) is 1. The summed E-state index contributed by atoms with van der Waals surface area (Å²) in [5.41, 5.74) is 0.658. The van der Waals surface area contributed by atoms with Gasteiger partial charge in [-0.05, 0) is 76.0 Å². The fourth-order valence-corrected chi connectivity index (χ4v) is 5.74. The van der Waals surface area contributed by atoms with E-state index in [1.807, 2.05) is 0 Å². The van der Waals surface area contributed by atoms with Gasteiger partial charge in [-0.3, -0.25) is 0 Å². The summed E-state index contributed by atoms with van der Waals surface area (Å²) in [4.78, 5) is 0. The molecule has 1 saturated heterocycles. The zero-order valence-electron chi connectivity index (χ0n) is 26.7. The molecule has 0 aromatic heterocycles. The zero-order chi connectivity index (χ0) is 28.0. The Morgan fingerprint density at radius 3 is 1.15 bits per heavy atom. The molecule has 1 rings (SSSR count). The van der Waals surface area contributed by atoms with Crippen LogP contribution in [0.2, 0.25) is 0 Å². The van der Waals surface area contributed by atoms with Crippen molar-refractivity contribution in [3.8, 4) is 0 Å². The van der Waals surface area contributed by atoms with Gasteiger partial charge in [-0.25, -0.2) is 0 Å². The van der Waals surface area contributed by atoms with Crippen LogP contribution in [-0.2, 0) is 0 Å². The summed E-state index contributed by atoms with van der Waals surface area (Å²) in [6.45, 7) is 7.10. The Labute approximate surface area is 246 Å². The lowest BCUT2D eigenvalue weighted by molar-refractivity contribution is 0.128. The van der Waals surface area contributed by atoms with Crippen molar-refractivity contribution >= 4 is 0 Å². The van der Waals surface area contributed by atoms with Crippen LogP contribution in [0.1, 0.15) is 174 Å². The SMILES string of the molecule is CCCC/C=C/C/C=C\CCCCCCCCC1(CCCCCCCC/C=C\C/C=C\CCCCC)CNC1. The molecule has 0 bridgehead atoms. The van der Waals surface area contributed by atoms with Crippen molar-refractivity contribution in [1.29, 1.82) is 0 Å². The molecule has 1 aliphatic heterocycles. The van der Waals surface area contributed by atoms with Gasteiger partial charge in [0.15, 0.2) is 0 Å². The van der Waals surface area contributed by atoms with E-state index in [-0.39, 0.29) is 0 Å². The molecule has 1 aliphatic rings. The predicted octanol–water partition coefficient (Wildman–Crippen LogP) is 12.6. The summed E-state index contributed by atoms with van der Waals surface area (Å²) in [5.74, 6) is 0. The van der Waals surface area contributed by atoms with Crippen LogP contribution in [0, 0.1) is 5.41 Å². The quantitative estimate of drug-likeness (QED) is 0.0736. The molecule has 0 unspecified atom stereocenters. The first-order valence-electron chi connectivity index (χ1n) is 17.6. The lowest BCUT2D eigenvalue weighted by Crippen LogP contribution is -2.53. The third-order valence-corrected chi connectivity index (χ3v) is 8.57. The van der Waals surface area contributed by atoms with Crippen LogP contribution in [0.25, 0.3) is 0 Å². The number of rotatable bonds is 29. The van der Waals surface area contributed by atoms with Gasteiger partial charge < -0.3 is 5.32 Å². The first-order chi connectivity index (χ1) is 19.3. The number of allylic oxidation sites excluding steroid dienone is 8. The van der Waals surface area contributed by atoms with Gasteiger partial charge in [-0.15, -0.1) is 0 Å². The summed E-state index contributed by atoms with van der Waals surface area (Å²) in [5, 5.41) is 3.59. The summed E-state index contributed by atoms with van der Waals surface area (Å²) >= 11 is 0. The third kappa shape index (κ3) is 23.3. The van der Waals surface area contributed by atoms with E-state index in [1.165, 1.54) is 161 Å². The largest absolute Gasteiger partial charge is 0.316 e. The Morgan fingerprint density at radius 2 is 0.769 bits per heavy atom. The summed E-state index contributed by atoms with van der Waals surface area (Å²) in [6.07, 6.45) is 52.9. The molecule has 39 heavy (non-hydrogen) atoms. The molecule has 0 radical (unpaired) electrons. The van der Waals surface area contributed by atoms with E-state index < -0.39 is 0 Å². The van der Waals surface area contributed by atoms with Crippen molar-refractivity contribution in [2.45, 2.75) is 174 Å². The van der Waals surface area contributed by atoms with Crippen LogP contribution in [0.3, 0.4) is 0 Å². The highest BCUT2D eigenvalue weighted by Crippen LogP contribution is 2.35. The Hall–Kier alpha value is -1.08. The molecule has 0 amide bonds. The second kappa shape index (κ2) is 28.4. The average molecular weight is 540 g/mol. The summed E-state index contributed by atoms with van der Waals surface area (Å²) < 4.78 is 0. The van der Waals surface area contributed by atoms with E-state index in [2.05, 4.69) is 67.8 Å². The monoisotopic (exact) mass is 540 g/mol. The molecule has 0 aromatic carbocycles. The minimum absolute atomic E-state index is 0.658. The Kier molecular flexibility index (Phi) is 26.2. The number of nitrogens with one attached hydrogen (secondary N) is 1. The Bertz CT molecular complexity index is 606. The van der Waals surface area contributed by atoms with Crippen LogP contribution in [0.5, 0.6) is 0 Å². The number of hydrogen-bond donors (Lipinski definition) is 1. The van der Waals surface area contributed by atoms with Gasteiger partial charge in [0, 0.05) is 13.1 Å². The zero-order valence-corrected chi connectivity index (χ0v) is 26.7. The highest BCUT2D eigenvalue weighted by molar-refractivity contribution is 4.94. The number of unbranched alkanes of at least 4 members (excludes halogenated alkanes) is 17. The maximum atomic E-state index is 3.59. The van der Waals surface area contributed by atoms with Crippen molar-refractivity contribution in [3.63, 3.8) is 0 Å². The van der Waals surface area contributed by atoms with Gasteiger partial charge in [-0.1, -0.05) is 152 Å². The fraction of sp³-hybridized carbons (Fsp3) is 0.789. The molecule has 0 saturated carbocycles. The van der Waals surface area contributed by atoms with E-state index in [1.54, 1.807) is 0 Å². The van der Waals surface area contributed by atoms with E-state index in [0.717, 1.165) is 12.8 Å². The fourth-order valence-electron chi connectivity index (χ4n) is 5.74. The average Bonchev–Trinajstić information content (AvgIpc) is 2.92. The van der Waals surface area contributed by atoms with Gasteiger partial charge in [-0.2, -0.15) is 0 Å². The van der Waals surface area contributed by atoms with E-state index in [0.29, 0.717) is 5.41 Å². The van der Waals surface area contributed by atoms with E-state index >= 15 is 0 Å². The van der Waals surface area contributed by atoms with E-state index in [9.17, 15) is 0 Å². The third-order valence-electron chi connectivity index (χ3n) is 8.57. The maximum Gasteiger partial charge on any atom is 0.00202 e. The van der Waals surface area contributed by atoms with Crippen LogP contribution >= 0.6 is 0 Å². The van der Waals surface area contributed by atoms with Crippen LogP contribution in [0.4, 0.5) is 0 Å². The van der Waals surface area contributed by atoms with Crippen LogP contribution in [0.15, 0.2) is 48.6 Å². The minimum atomic E-state index is 0.658. The molecule has 1 nitrogen and oxygen atoms in total. The highest BCUT2D eigenvalue weighted by Gasteiger charge is 2.35. The van der Waals surface area contributed by atoms with Gasteiger partial charge in [0.2, 0.25) is 0 Å². The molecule has 0 aliphatic carbocycles. The van der Waals surface area contributed by atoms with Crippen LogP contribution in [-0.4, -0.2) is 13.1 Å². The standard InChI is InChI=1S/C38H69N/c1-3-5-7-9-11-13-15-17-19-21-23-25-27-29-31-33-35-38(36-39-37-38)34-32-30-28-26-24-22-20-18-16-14-12-10-8-6-4-2/h10-13,16-19,39H,3-9,14-15,20-37H2,1-2H3/b12-10+,13-11-,18-16-,19-17-. The van der Waals surface area contributed by atoms with Gasteiger partial charge >= 0.3 is 0 Å². The van der Waals surface area contributed by atoms with Crippen molar-refractivity contribution in [3.05, 3.63) is 48.6 Å². The van der Waals surface area contributed by atoms with Gasteiger partial charge in [0.1, 0.15) is 0 Å². The van der Waals surface area contributed by atoms with Crippen molar-refractivity contribution in [2.75, 3.05) is 13.1 Å². The molecule has 1 N–H and O–H groups in total. The predicted molar refractivity (Wildman–Crippen MR) is 179 cm³/mol.